The molecule has 0 spiro atoms. The van der Waals surface area contributed by atoms with Gasteiger partial charge < -0.3 is 9.13 Å². The number of para-hydroxylation sites is 3. The van der Waals surface area contributed by atoms with E-state index in [9.17, 15) is 0 Å². The lowest BCUT2D eigenvalue weighted by Crippen LogP contribution is -2.29. The summed E-state index contributed by atoms with van der Waals surface area (Å²) in [6, 6.07) is 77.6. The highest BCUT2D eigenvalue weighted by Gasteiger charge is 2.48. The summed E-state index contributed by atoms with van der Waals surface area (Å²) < 4.78 is 4.97. The molecule has 0 amide bonds. The minimum absolute atomic E-state index is 0.0314. The van der Waals surface area contributed by atoms with Gasteiger partial charge in [0.15, 0.2) is 0 Å². The molecule has 0 N–H and O–H groups in total. The molecule has 0 unspecified atom stereocenters. The van der Waals surface area contributed by atoms with E-state index in [1.54, 1.807) is 0 Å². The second-order valence-corrected chi connectivity index (χ2v) is 20.2. The lowest BCUT2D eigenvalue weighted by atomic mass is 9.66. The summed E-state index contributed by atoms with van der Waals surface area (Å²) in [5, 5.41) is 5.02. The van der Waals surface area contributed by atoms with Gasteiger partial charge in [-0.15, -0.1) is 0 Å². The van der Waals surface area contributed by atoms with Crippen LogP contribution >= 0.6 is 0 Å². The highest BCUT2D eigenvalue weighted by molar-refractivity contribution is 6.13. The molecule has 0 atom stereocenters. The van der Waals surface area contributed by atoms with E-state index >= 15 is 0 Å². The van der Waals surface area contributed by atoms with Crippen molar-refractivity contribution in [2.45, 2.75) is 57.8 Å². The zero-order valence-corrected chi connectivity index (χ0v) is 38.0. The Bertz CT molecular complexity index is 3610. The fraction of sp³-hybridized carbons (Fsp3) is 0.143. The molecule has 0 saturated heterocycles. The summed E-state index contributed by atoms with van der Waals surface area (Å²) in [6.07, 6.45) is 0. The van der Waals surface area contributed by atoms with E-state index in [1.807, 2.05) is 0 Å². The predicted octanol–water partition coefficient (Wildman–Crippen LogP) is 16.5. The summed E-state index contributed by atoms with van der Waals surface area (Å²) in [7, 11) is 0. The molecule has 2 heterocycles. The number of hydrogen-bond acceptors (Lipinski definition) is 0. The van der Waals surface area contributed by atoms with Crippen molar-refractivity contribution in [3.63, 3.8) is 0 Å². The van der Waals surface area contributed by atoms with Crippen molar-refractivity contribution in [1.29, 1.82) is 0 Å². The van der Waals surface area contributed by atoms with Crippen LogP contribution in [0.25, 0.3) is 77.2 Å². The zero-order valence-electron chi connectivity index (χ0n) is 38.0. The molecule has 1 aliphatic rings. The van der Waals surface area contributed by atoms with Crippen molar-refractivity contribution in [1.82, 2.24) is 9.13 Å². The van der Waals surface area contributed by atoms with Gasteiger partial charge in [0.1, 0.15) is 0 Å². The number of fused-ring (bicyclic) bond motifs is 9. The van der Waals surface area contributed by atoms with E-state index in [4.69, 9.17) is 0 Å². The van der Waals surface area contributed by atoms with Crippen LogP contribution in [-0.2, 0) is 16.2 Å². The number of hydrogen-bond donors (Lipinski definition) is 0. The van der Waals surface area contributed by atoms with Gasteiger partial charge in [0.05, 0.1) is 33.2 Å². The molecular formula is C63H52N2. The molecule has 2 heteroatoms. The average molecular weight is 837 g/mol. The Balaban J connectivity index is 1.14. The molecule has 65 heavy (non-hydrogen) atoms. The Hall–Kier alpha value is -7.42. The van der Waals surface area contributed by atoms with Crippen LogP contribution in [0, 0.1) is 0 Å². The van der Waals surface area contributed by atoms with Crippen molar-refractivity contribution in [2.75, 3.05) is 0 Å². The van der Waals surface area contributed by atoms with Crippen molar-refractivity contribution in [3.8, 4) is 33.6 Å². The highest BCUT2D eigenvalue weighted by atomic mass is 15.0. The summed E-state index contributed by atoms with van der Waals surface area (Å²) in [5.74, 6) is 0. The van der Waals surface area contributed by atoms with Gasteiger partial charge in [0, 0.05) is 32.8 Å². The van der Waals surface area contributed by atoms with Crippen LogP contribution in [0.1, 0.15) is 74.9 Å². The smallest absolute Gasteiger partial charge is 0.0714 e. The van der Waals surface area contributed by atoms with Gasteiger partial charge >= 0.3 is 0 Å². The molecule has 0 saturated carbocycles. The number of nitrogens with zero attached hydrogens (tertiary/aromatic N) is 2. The van der Waals surface area contributed by atoms with E-state index in [2.05, 4.69) is 257 Å². The van der Waals surface area contributed by atoms with Gasteiger partial charge in [-0.3, -0.25) is 0 Å². The molecule has 1 aliphatic carbocycles. The van der Waals surface area contributed by atoms with Crippen molar-refractivity contribution < 1.29 is 0 Å². The summed E-state index contributed by atoms with van der Waals surface area (Å²) >= 11 is 0. The van der Waals surface area contributed by atoms with Crippen LogP contribution in [0.15, 0.2) is 206 Å². The van der Waals surface area contributed by atoms with Gasteiger partial charge in [-0.25, -0.2) is 0 Å². The number of aromatic nitrogens is 2. The Labute approximate surface area is 382 Å². The minimum atomic E-state index is -0.543. The first-order valence-corrected chi connectivity index (χ1v) is 23.1. The molecule has 2 aromatic heterocycles. The van der Waals surface area contributed by atoms with Gasteiger partial charge in [-0.05, 0) is 115 Å². The predicted molar refractivity (Wildman–Crippen MR) is 275 cm³/mol. The lowest BCUT2D eigenvalue weighted by molar-refractivity contribution is 0.586. The molecular weight excluding hydrogens is 785 g/mol. The summed E-state index contributed by atoms with van der Waals surface area (Å²) in [5.41, 5.74) is 19.4. The third-order valence-electron chi connectivity index (χ3n) is 14.3. The molecule has 9 aromatic carbocycles. The Kier molecular flexibility index (Phi) is 8.62. The average Bonchev–Trinajstić information content (AvgIpc) is 3.95. The van der Waals surface area contributed by atoms with Gasteiger partial charge in [0.2, 0.25) is 0 Å². The summed E-state index contributed by atoms with van der Waals surface area (Å²) in [4.78, 5) is 0. The van der Waals surface area contributed by atoms with Crippen molar-refractivity contribution >= 4 is 43.6 Å². The van der Waals surface area contributed by atoms with Crippen LogP contribution in [0.3, 0.4) is 0 Å². The van der Waals surface area contributed by atoms with Gasteiger partial charge in [-0.1, -0.05) is 193 Å². The van der Waals surface area contributed by atoms with Crippen LogP contribution in [0.2, 0.25) is 0 Å². The molecule has 11 aromatic rings. The van der Waals surface area contributed by atoms with Crippen molar-refractivity contribution in [3.05, 3.63) is 240 Å². The Morgan fingerprint density at radius 1 is 0.354 bits per heavy atom. The first kappa shape index (κ1) is 39.2. The maximum Gasteiger partial charge on any atom is 0.0714 e. The van der Waals surface area contributed by atoms with Gasteiger partial charge in [-0.2, -0.15) is 0 Å². The Morgan fingerprint density at radius 2 is 0.815 bits per heavy atom. The molecule has 2 nitrogen and oxygen atoms in total. The maximum absolute atomic E-state index is 2.58. The quantitative estimate of drug-likeness (QED) is 0.163. The van der Waals surface area contributed by atoms with Crippen molar-refractivity contribution in [2.24, 2.45) is 0 Å². The third-order valence-corrected chi connectivity index (χ3v) is 14.3. The topological polar surface area (TPSA) is 9.86 Å². The standard InChI is InChI=1S/C63H52N2/c1-61(2,3)45-32-33-50-53(38-45)63(43-20-10-7-11-21-43,44-22-12-8-13-23-44)54-39-46(62(4,5)6)40-59(60(50)54)65-56-29-19-17-27-49(56)52-37-42(31-35-58(52)65)41-30-34-57-51(36-41)48-26-16-18-28-55(48)64(57)47-24-14-9-15-25-47/h7-40H,1-6H3. The summed E-state index contributed by atoms with van der Waals surface area (Å²) in [6.45, 7) is 14.1. The SMILES string of the molecule is CC(C)(C)c1ccc2c(c1)C(c1ccccc1)(c1ccccc1)c1cc(C(C)(C)C)cc(-n3c4ccccc4c4cc(-c5ccc6c(c5)c5ccccc5n6-c5ccccc5)ccc43)c1-2. The maximum atomic E-state index is 2.58. The monoisotopic (exact) mass is 836 g/mol. The normalized spacial score (nSPS) is 13.5. The Morgan fingerprint density at radius 3 is 1.37 bits per heavy atom. The third kappa shape index (κ3) is 5.86. The zero-order chi connectivity index (χ0) is 44.2. The van der Waals surface area contributed by atoms with Crippen LogP contribution < -0.4 is 0 Å². The molecule has 314 valence electrons. The fourth-order valence-corrected chi connectivity index (χ4v) is 11.1. The van der Waals surface area contributed by atoms with E-state index in [-0.39, 0.29) is 10.8 Å². The lowest BCUT2D eigenvalue weighted by Gasteiger charge is -2.35. The molecule has 0 radical (unpaired) electrons. The molecule has 0 aliphatic heterocycles. The largest absolute Gasteiger partial charge is 0.309 e. The molecule has 12 rings (SSSR count). The molecule has 0 fully saturated rings. The van der Waals surface area contributed by atoms with Crippen LogP contribution in [-0.4, -0.2) is 9.13 Å². The first-order chi connectivity index (χ1) is 31.5. The fourth-order valence-electron chi connectivity index (χ4n) is 11.1. The van der Waals surface area contributed by atoms with Crippen LogP contribution in [0.4, 0.5) is 0 Å². The van der Waals surface area contributed by atoms with E-state index < -0.39 is 5.41 Å². The first-order valence-electron chi connectivity index (χ1n) is 23.1. The molecule has 0 bridgehead atoms. The second-order valence-electron chi connectivity index (χ2n) is 20.2. The number of benzene rings is 9. The minimum Gasteiger partial charge on any atom is -0.309 e. The highest BCUT2D eigenvalue weighted by Crippen LogP contribution is 2.59. The second kappa shape index (κ2) is 14.3. The van der Waals surface area contributed by atoms with E-state index in [1.165, 1.54) is 111 Å². The van der Waals surface area contributed by atoms with Gasteiger partial charge in [0.25, 0.3) is 0 Å². The van der Waals surface area contributed by atoms with E-state index in [0.29, 0.717) is 0 Å². The number of rotatable bonds is 5. The van der Waals surface area contributed by atoms with Crippen LogP contribution in [0.5, 0.6) is 0 Å². The van der Waals surface area contributed by atoms with E-state index in [0.717, 1.165) is 0 Å².